The van der Waals surface area contributed by atoms with Gasteiger partial charge in [0.25, 0.3) is 0 Å². The molecule has 1 heterocycles. The van der Waals surface area contributed by atoms with E-state index in [0.717, 1.165) is 17.7 Å². The van der Waals surface area contributed by atoms with Gasteiger partial charge in [0.15, 0.2) is 0 Å². The molecule has 0 aliphatic carbocycles. The largest absolute Gasteiger partial charge is 0.492 e. The van der Waals surface area contributed by atoms with E-state index < -0.39 is 11.7 Å². The lowest BCUT2D eigenvalue weighted by Crippen LogP contribution is -2.20. The van der Waals surface area contributed by atoms with Crippen LogP contribution in [-0.4, -0.2) is 18.1 Å². The quantitative estimate of drug-likeness (QED) is 0.831. The topological polar surface area (TPSA) is 34.1 Å². The fourth-order valence-corrected chi connectivity index (χ4v) is 1.74. The number of nitrogens with one attached hydrogen (secondary N) is 1. The molecule has 0 unspecified atom stereocenters. The maximum absolute atomic E-state index is 12.5. The Morgan fingerprint density at radius 3 is 2.71 bits per heavy atom. The van der Waals surface area contributed by atoms with Crippen LogP contribution in [0.15, 0.2) is 48.8 Å². The Morgan fingerprint density at radius 1 is 1.14 bits per heavy atom. The van der Waals surface area contributed by atoms with E-state index in [2.05, 4.69) is 10.3 Å². The van der Waals surface area contributed by atoms with Crippen LogP contribution in [0.25, 0.3) is 0 Å². The van der Waals surface area contributed by atoms with Gasteiger partial charge in [-0.1, -0.05) is 12.1 Å². The highest BCUT2D eigenvalue weighted by Crippen LogP contribution is 2.31. The summed E-state index contributed by atoms with van der Waals surface area (Å²) in [4.78, 5) is 3.99. The zero-order valence-corrected chi connectivity index (χ0v) is 11.2. The van der Waals surface area contributed by atoms with Gasteiger partial charge in [0, 0.05) is 25.5 Å². The molecule has 0 saturated carbocycles. The number of pyridine rings is 1. The Kier molecular flexibility index (Phi) is 5.16. The highest BCUT2D eigenvalue weighted by atomic mass is 19.4. The lowest BCUT2D eigenvalue weighted by molar-refractivity contribution is -0.137. The van der Waals surface area contributed by atoms with Gasteiger partial charge < -0.3 is 10.1 Å². The van der Waals surface area contributed by atoms with E-state index in [9.17, 15) is 13.2 Å². The van der Waals surface area contributed by atoms with Gasteiger partial charge >= 0.3 is 6.18 Å². The van der Waals surface area contributed by atoms with Gasteiger partial charge in [-0.05, 0) is 29.8 Å². The molecule has 2 rings (SSSR count). The van der Waals surface area contributed by atoms with Crippen molar-refractivity contribution in [2.45, 2.75) is 12.7 Å². The molecule has 0 atom stereocenters. The Morgan fingerprint density at radius 2 is 2.00 bits per heavy atom. The van der Waals surface area contributed by atoms with E-state index >= 15 is 0 Å². The highest BCUT2D eigenvalue weighted by molar-refractivity contribution is 5.30. The van der Waals surface area contributed by atoms with Crippen molar-refractivity contribution >= 4 is 0 Å². The van der Waals surface area contributed by atoms with Crippen LogP contribution in [-0.2, 0) is 12.7 Å². The second-order valence-corrected chi connectivity index (χ2v) is 4.41. The summed E-state index contributed by atoms with van der Waals surface area (Å²) in [5.74, 6) is 0.216. The van der Waals surface area contributed by atoms with Gasteiger partial charge in [0.1, 0.15) is 12.4 Å². The normalized spacial score (nSPS) is 11.4. The highest BCUT2D eigenvalue weighted by Gasteiger charge is 2.30. The van der Waals surface area contributed by atoms with Crippen molar-refractivity contribution in [3.05, 3.63) is 59.9 Å². The van der Waals surface area contributed by atoms with Crippen molar-refractivity contribution < 1.29 is 17.9 Å². The molecule has 6 heteroatoms. The number of alkyl halides is 3. The fraction of sp³-hybridized carbons (Fsp3) is 0.267. The molecular weight excluding hydrogens is 281 g/mol. The summed E-state index contributed by atoms with van der Waals surface area (Å²) in [6.07, 6.45) is -0.904. The van der Waals surface area contributed by atoms with E-state index in [1.54, 1.807) is 12.4 Å². The molecule has 0 saturated heterocycles. The van der Waals surface area contributed by atoms with Gasteiger partial charge in [0.2, 0.25) is 0 Å². The second-order valence-electron chi connectivity index (χ2n) is 4.41. The van der Waals surface area contributed by atoms with Crippen LogP contribution < -0.4 is 10.1 Å². The van der Waals surface area contributed by atoms with Crippen LogP contribution in [0.4, 0.5) is 13.2 Å². The van der Waals surface area contributed by atoms with E-state index in [4.69, 9.17) is 4.74 Å². The van der Waals surface area contributed by atoms with Gasteiger partial charge in [-0.25, -0.2) is 0 Å². The molecule has 1 N–H and O–H groups in total. The first-order chi connectivity index (χ1) is 10.1. The fourth-order valence-electron chi connectivity index (χ4n) is 1.74. The van der Waals surface area contributed by atoms with Crippen molar-refractivity contribution in [3.63, 3.8) is 0 Å². The summed E-state index contributed by atoms with van der Waals surface area (Å²) >= 11 is 0. The first kappa shape index (κ1) is 15.3. The molecule has 0 aliphatic heterocycles. The molecule has 2 aromatic rings. The maximum Gasteiger partial charge on any atom is 0.416 e. The SMILES string of the molecule is FC(F)(F)c1cccc(OCCNCc2cccnc2)c1. The molecule has 0 amide bonds. The first-order valence-corrected chi connectivity index (χ1v) is 6.45. The van der Waals surface area contributed by atoms with Crippen LogP contribution in [0.1, 0.15) is 11.1 Å². The molecule has 21 heavy (non-hydrogen) atoms. The van der Waals surface area contributed by atoms with E-state index in [0.29, 0.717) is 19.7 Å². The molecule has 0 spiro atoms. The smallest absolute Gasteiger partial charge is 0.416 e. The maximum atomic E-state index is 12.5. The predicted octanol–water partition coefficient (Wildman–Crippen LogP) is 3.27. The number of hydrogen-bond acceptors (Lipinski definition) is 3. The van der Waals surface area contributed by atoms with Crippen LogP contribution in [0.3, 0.4) is 0 Å². The van der Waals surface area contributed by atoms with Crippen molar-refractivity contribution in [3.8, 4) is 5.75 Å². The van der Waals surface area contributed by atoms with Crippen molar-refractivity contribution in [2.75, 3.05) is 13.2 Å². The minimum Gasteiger partial charge on any atom is -0.492 e. The van der Waals surface area contributed by atoms with Crippen LogP contribution in [0.5, 0.6) is 5.75 Å². The summed E-state index contributed by atoms with van der Waals surface area (Å²) in [7, 11) is 0. The van der Waals surface area contributed by atoms with Crippen LogP contribution in [0, 0.1) is 0 Å². The molecule has 0 fully saturated rings. The van der Waals surface area contributed by atoms with Crippen LogP contribution >= 0.6 is 0 Å². The summed E-state index contributed by atoms with van der Waals surface area (Å²) in [6.45, 7) is 1.46. The average molecular weight is 296 g/mol. The molecule has 112 valence electrons. The third-order valence-corrected chi connectivity index (χ3v) is 2.76. The standard InChI is InChI=1S/C15H15F3N2O/c16-15(17,18)13-4-1-5-14(9-13)21-8-7-20-11-12-3-2-6-19-10-12/h1-6,9-10,20H,7-8,11H2. The number of halogens is 3. The molecule has 1 aromatic carbocycles. The van der Waals surface area contributed by atoms with E-state index in [-0.39, 0.29) is 5.75 Å². The zero-order chi connectivity index (χ0) is 15.1. The predicted molar refractivity (Wildman–Crippen MR) is 72.9 cm³/mol. The molecule has 0 radical (unpaired) electrons. The second kappa shape index (κ2) is 7.08. The Hall–Kier alpha value is -2.08. The van der Waals surface area contributed by atoms with Crippen molar-refractivity contribution in [2.24, 2.45) is 0 Å². The Bertz CT molecular complexity index is 558. The van der Waals surface area contributed by atoms with Gasteiger partial charge in [0.05, 0.1) is 5.56 Å². The number of rotatable bonds is 6. The van der Waals surface area contributed by atoms with Crippen LogP contribution in [0.2, 0.25) is 0 Å². The van der Waals surface area contributed by atoms with Gasteiger partial charge in [-0.2, -0.15) is 13.2 Å². The van der Waals surface area contributed by atoms with E-state index in [1.807, 2.05) is 12.1 Å². The third-order valence-electron chi connectivity index (χ3n) is 2.76. The molecule has 3 nitrogen and oxygen atoms in total. The van der Waals surface area contributed by atoms with Gasteiger partial charge in [-0.15, -0.1) is 0 Å². The lowest BCUT2D eigenvalue weighted by atomic mass is 10.2. The average Bonchev–Trinajstić information content (AvgIpc) is 2.47. The lowest BCUT2D eigenvalue weighted by Gasteiger charge is -2.10. The number of aromatic nitrogens is 1. The minimum atomic E-state index is -4.35. The molecule has 1 aromatic heterocycles. The minimum absolute atomic E-state index is 0.216. The Balaban J connectivity index is 1.74. The first-order valence-electron chi connectivity index (χ1n) is 6.45. The zero-order valence-electron chi connectivity index (χ0n) is 11.2. The molecular formula is C15H15F3N2O. The Labute approximate surface area is 120 Å². The van der Waals surface area contributed by atoms with Crippen molar-refractivity contribution in [1.29, 1.82) is 0 Å². The molecule has 0 bridgehead atoms. The van der Waals surface area contributed by atoms with E-state index in [1.165, 1.54) is 12.1 Å². The number of nitrogens with zero attached hydrogens (tertiary/aromatic N) is 1. The summed E-state index contributed by atoms with van der Waals surface area (Å²) in [5.41, 5.74) is 0.333. The van der Waals surface area contributed by atoms with Gasteiger partial charge in [-0.3, -0.25) is 4.98 Å². The monoisotopic (exact) mass is 296 g/mol. The number of ether oxygens (including phenoxy) is 1. The number of hydrogen-bond donors (Lipinski definition) is 1. The van der Waals surface area contributed by atoms with Crippen molar-refractivity contribution in [1.82, 2.24) is 10.3 Å². The summed E-state index contributed by atoms with van der Waals surface area (Å²) < 4.78 is 42.9. The number of benzene rings is 1. The summed E-state index contributed by atoms with van der Waals surface area (Å²) in [5, 5.41) is 3.13. The summed E-state index contributed by atoms with van der Waals surface area (Å²) in [6, 6.07) is 8.65. The molecule has 0 aliphatic rings. The third kappa shape index (κ3) is 5.07.